The highest BCUT2D eigenvalue weighted by Gasteiger charge is 2.14. The number of nitrogens with zero attached hydrogens (tertiary/aromatic N) is 2. The molecule has 20 heavy (non-hydrogen) atoms. The van der Waals surface area contributed by atoms with Gasteiger partial charge in [-0.2, -0.15) is 0 Å². The van der Waals surface area contributed by atoms with E-state index in [9.17, 15) is 4.79 Å². The lowest BCUT2D eigenvalue weighted by Crippen LogP contribution is -2.13. The van der Waals surface area contributed by atoms with Crippen LogP contribution in [0.4, 0.5) is 5.82 Å². The van der Waals surface area contributed by atoms with Crippen molar-refractivity contribution in [1.82, 2.24) is 9.97 Å². The number of hydrogen-bond acceptors (Lipinski definition) is 5. The summed E-state index contributed by atoms with van der Waals surface area (Å²) in [6.45, 7) is 1.87. The summed E-state index contributed by atoms with van der Waals surface area (Å²) in [5.74, 6) is 1.70. The maximum absolute atomic E-state index is 12.0. The molecule has 100 valence electrons. The summed E-state index contributed by atoms with van der Waals surface area (Å²) in [7, 11) is 0. The highest BCUT2D eigenvalue weighted by molar-refractivity contribution is 7.13. The molecule has 0 atom stereocenters. The molecule has 0 saturated carbocycles. The summed E-state index contributed by atoms with van der Waals surface area (Å²) in [6, 6.07) is 9.02. The Labute approximate surface area is 119 Å². The molecule has 0 spiro atoms. The lowest BCUT2D eigenvalue weighted by Gasteiger charge is -2.00. The topological polar surface area (TPSA) is 68.0 Å². The van der Waals surface area contributed by atoms with Crippen molar-refractivity contribution < 1.29 is 9.21 Å². The first-order valence-electron chi connectivity index (χ1n) is 5.97. The zero-order valence-electron chi connectivity index (χ0n) is 10.7. The number of thiazole rings is 1. The third-order valence-electron chi connectivity index (χ3n) is 2.59. The van der Waals surface area contributed by atoms with Gasteiger partial charge < -0.3 is 9.73 Å². The van der Waals surface area contributed by atoms with Crippen molar-refractivity contribution in [1.29, 1.82) is 0 Å². The summed E-state index contributed by atoms with van der Waals surface area (Å²) in [5.41, 5.74) is 0.352. The Morgan fingerprint density at radius 2 is 2.20 bits per heavy atom. The lowest BCUT2D eigenvalue weighted by atomic mass is 10.4. The van der Waals surface area contributed by atoms with Crippen LogP contribution in [0, 0.1) is 6.92 Å². The predicted molar refractivity (Wildman–Crippen MR) is 76.7 cm³/mol. The molecule has 3 aromatic rings. The standard InChI is InChI=1S/C14H11N3O2S/c1-9-5-6-11(19-9)14-16-10(8-20-14)13(18)17-12-4-2-3-7-15-12/h2-8H,1H3,(H,15,17,18). The fraction of sp³-hybridized carbons (Fsp3) is 0.0714. The summed E-state index contributed by atoms with van der Waals surface area (Å²) < 4.78 is 5.48. The molecule has 0 aliphatic carbocycles. The molecule has 1 amide bonds. The number of carbonyl (C=O) groups excluding carboxylic acids is 1. The van der Waals surface area contributed by atoms with Gasteiger partial charge in [0.25, 0.3) is 5.91 Å². The number of nitrogens with one attached hydrogen (secondary N) is 1. The molecule has 5 nitrogen and oxygen atoms in total. The molecule has 0 fully saturated rings. The van der Waals surface area contributed by atoms with E-state index in [1.165, 1.54) is 11.3 Å². The molecule has 3 aromatic heterocycles. The van der Waals surface area contributed by atoms with Gasteiger partial charge in [-0.3, -0.25) is 4.79 Å². The fourth-order valence-electron chi connectivity index (χ4n) is 1.66. The lowest BCUT2D eigenvalue weighted by molar-refractivity contribution is 0.102. The van der Waals surface area contributed by atoms with Crippen LogP contribution in [0.3, 0.4) is 0 Å². The minimum Gasteiger partial charge on any atom is -0.459 e. The van der Waals surface area contributed by atoms with Crippen molar-refractivity contribution in [2.24, 2.45) is 0 Å². The third kappa shape index (κ3) is 2.60. The van der Waals surface area contributed by atoms with E-state index in [1.54, 1.807) is 29.8 Å². The van der Waals surface area contributed by atoms with Gasteiger partial charge in [0.15, 0.2) is 10.8 Å². The summed E-state index contributed by atoms with van der Waals surface area (Å²) >= 11 is 1.37. The molecule has 0 aliphatic rings. The number of aromatic nitrogens is 2. The van der Waals surface area contributed by atoms with Gasteiger partial charge in [0.05, 0.1) is 0 Å². The van der Waals surface area contributed by atoms with Crippen molar-refractivity contribution in [3.05, 3.63) is 53.4 Å². The predicted octanol–water partition coefficient (Wildman–Crippen LogP) is 3.36. The molecule has 0 saturated heterocycles. The van der Waals surface area contributed by atoms with Crippen LogP contribution in [0.2, 0.25) is 0 Å². The quantitative estimate of drug-likeness (QED) is 0.801. The number of pyridine rings is 1. The molecule has 0 aromatic carbocycles. The van der Waals surface area contributed by atoms with E-state index in [-0.39, 0.29) is 5.91 Å². The number of hydrogen-bond donors (Lipinski definition) is 1. The van der Waals surface area contributed by atoms with E-state index < -0.39 is 0 Å². The van der Waals surface area contributed by atoms with Crippen molar-refractivity contribution in [2.75, 3.05) is 5.32 Å². The SMILES string of the molecule is Cc1ccc(-c2nc(C(=O)Nc3ccccn3)cs2)o1. The number of amides is 1. The Morgan fingerprint density at radius 1 is 1.30 bits per heavy atom. The van der Waals surface area contributed by atoms with Gasteiger partial charge in [0, 0.05) is 11.6 Å². The van der Waals surface area contributed by atoms with Gasteiger partial charge >= 0.3 is 0 Å². The van der Waals surface area contributed by atoms with Crippen molar-refractivity contribution in [2.45, 2.75) is 6.92 Å². The Bertz CT molecular complexity index is 734. The van der Waals surface area contributed by atoms with Crippen LogP contribution in [0.15, 0.2) is 46.3 Å². The molecule has 6 heteroatoms. The second-order valence-corrected chi connectivity index (χ2v) is 4.98. The number of rotatable bonds is 3. The van der Waals surface area contributed by atoms with E-state index in [1.807, 2.05) is 19.1 Å². The average molecular weight is 285 g/mol. The molecular weight excluding hydrogens is 274 g/mol. The summed E-state index contributed by atoms with van der Waals surface area (Å²) in [5, 5.41) is 5.08. The van der Waals surface area contributed by atoms with Crippen molar-refractivity contribution >= 4 is 23.1 Å². The van der Waals surface area contributed by atoms with Gasteiger partial charge in [0.1, 0.15) is 17.3 Å². The number of carbonyl (C=O) groups is 1. The van der Waals surface area contributed by atoms with Crippen LogP contribution >= 0.6 is 11.3 Å². The molecule has 3 rings (SSSR count). The first kappa shape index (κ1) is 12.6. The second-order valence-electron chi connectivity index (χ2n) is 4.12. The fourth-order valence-corrected chi connectivity index (χ4v) is 2.42. The minimum atomic E-state index is -0.283. The Morgan fingerprint density at radius 3 is 2.90 bits per heavy atom. The number of aryl methyl sites for hydroxylation is 1. The van der Waals surface area contributed by atoms with E-state index in [0.717, 1.165) is 5.76 Å². The monoisotopic (exact) mass is 285 g/mol. The summed E-state index contributed by atoms with van der Waals surface area (Å²) in [4.78, 5) is 20.3. The smallest absolute Gasteiger partial charge is 0.276 e. The second kappa shape index (κ2) is 5.26. The molecule has 0 bridgehead atoms. The highest BCUT2D eigenvalue weighted by atomic mass is 32.1. The van der Waals surface area contributed by atoms with Gasteiger partial charge in [-0.15, -0.1) is 11.3 Å². The van der Waals surface area contributed by atoms with Crippen molar-refractivity contribution in [3.63, 3.8) is 0 Å². The van der Waals surface area contributed by atoms with Crippen LogP contribution in [-0.2, 0) is 0 Å². The molecule has 1 N–H and O–H groups in total. The molecule has 3 heterocycles. The van der Waals surface area contributed by atoms with E-state index in [4.69, 9.17) is 4.42 Å². The molecule has 0 unspecified atom stereocenters. The van der Waals surface area contributed by atoms with Crippen LogP contribution in [0.25, 0.3) is 10.8 Å². The van der Waals surface area contributed by atoms with E-state index in [2.05, 4.69) is 15.3 Å². The molecular formula is C14H11N3O2S. The van der Waals surface area contributed by atoms with E-state index >= 15 is 0 Å². The number of anilines is 1. The first-order chi connectivity index (χ1) is 9.72. The first-order valence-corrected chi connectivity index (χ1v) is 6.85. The van der Waals surface area contributed by atoms with E-state index in [0.29, 0.717) is 22.3 Å². The maximum atomic E-state index is 12.0. The van der Waals surface area contributed by atoms with Crippen LogP contribution in [0.5, 0.6) is 0 Å². The van der Waals surface area contributed by atoms with Crippen molar-refractivity contribution in [3.8, 4) is 10.8 Å². The minimum absolute atomic E-state index is 0.283. The van der Waals surface area contributed by atoms with Crippen LogP contribution in [0.1, 0.15) is 16.2 Å². The molecule has 0 radical (unpaired) electrons. The third-order valence-corrected chi connectivity index (χ3v) is 3.45. The largest absolute Gasteiger partial charge is 0.459 e. The zero-order chi connectivity index (χ0) is 13.9. The Kier molecular flexibility index (Phi) is 3.30. The van der Waals surface area contributed by atoms with Crippen LogP contribution < -0.4 is 5.32 Å². The zero-order valence-corrected chi connectivity index (χ0v) is 11.5. The van der Waals surface area contributed by atoms with Gasteiger partial charge in [0.2, 0.25) is 0 Å². The normalized spacial score (nSPS) is 10.4. The van der Waals surface area contributed by atoms with Crippen LogP contribution in [-0.4, -0.2) is 15.9 Å². The van der Waals surface area contributed by atoms with Gasteiger partial charge in [-0.1, -0.05) is 6.07 Å². The Balaban J connectivity index is 1.78. The number of furan rings is 1. The average Bonchev–Trinajstić information content (AvgIpc) is 3.08. The maximum Gasteiger partial charge on any atom is 0.276 e. The van der Waals surface area contributed by atoms with Gasteiger partial charge in [-0.05, 0) is 31.2 Å². The van der Waals surface area contributed by atoms with Gasteiger partial charge in [-0.25, -0.2) is 9.97 Å². The molecule has 0 aliphatic heterocycles. The highest BCUT2D eigenvalue weighted by Crippen LogP contribution is 2.25. The summed E-state index contributed by atoms with van der Waals surface area (Å²) in [6.07, 6.45) is 1.62. The Hall–Kier alpha value is -2.47.